The van der Waals surface area contributed by atoms with Crippen molar-refractivity contribution in [2.24, 2.45) is 0 Å². The highest BCUT2D eigenvalue weighted by molar-refractivity contribution is 7.61. The summed E-state index contributed by atoms with van der Waals surface area (Å²) in [7, 11) is -2.79. The Kier molecular flexibility index (Phi) is 5.07. The molecule has 1 aromatic carbocycles. The molecule has 1 aromatic rings. The normalized spacial score (nSPS) is 14.4. The van der Waals surface area contributed by atoms with Gasteiger partial charge in [0, 0.05) is 0 Å². The van der Waals surface area contributed by atoms with Gasteiger partial charge in [0.15, 0.2) is 0 Å². The third-order valence-electron chi connectivity index (χ3n) is 2.01. The molecule has 0 amide bonds. The van der Waals surface area contributed by atoms with Gasteiger partial charge in [-0.05, 0) is 30.4 Å². The van der Waals surface area contributed by atoms with E-state index in [1.54, 1.807) is 25.1 Å². The standard InChI is InChI=1S/C11H13Cl2O2P/c1-3-15-16(14,4-2)8-9-5-6-10(12)11(13)7-9/h4-7H,2-3,8H2,1H3. The molecule has 2 nitrogen and oxygen atoms in total. The zero-order valence-corrected chi connectivity index (χ0v) is 11.4. The van der Waals surface area contributed by atoms with E-state index in [0.717, 1.165) is 5.56 Å². The Morgan fingerprint density at radius 1 is 1.44 bits per heavy atom. The van der Waals surface area contributed by atoms with Gasteiger partial charge in [-0.2, -0.15) is 0 Å². The van der Waals surface area contributed by atoms with Gasteiger partial charge >= 0.3 is 0 Å². The van der Waals surface area contributed by atoms with E-state index >= 15 is 0 Å². The van der Waals surface area contributed by atoms with Gasteiger partial charge in [0.05, 0.1) is 22.8 Å². The second kappa shape index (κ2) is 5.88. The summed E-state index contributed by atoms with van der Waals surface area (Å²) < 4.78 is 17.3. The lowest BCUT2D eigenvalue weighted by atomic mass is 10.2. The van der Waals surface area contributed by atoms with Crippen LogP contribution >= 0.6 is 30.6 Å². The van der Waals surface area contributed by atoms with E-state index in [0.29, 0.717) is 22.8 Å². The zero-order valence-electron chi connectivity index (χ0n) is 8.95. The van der Waals surface area contributed by atoms with Crippen molar-refractivity contribution in [3.63, 3.8) is 0 Å². The van der Waals surface area contributed by atoms with Crippen molar-refractivity contribution in [2.75, 3.05) is 6.61 Å². The molecule has 0 N–H and O–H groups in total. The summed E-state index contributed by atoms with van der Waals surface area (Å²) in [6, 6.07) is 5.15. The van der Waals surface area contributed by atoms with E-state index in [9.17, 15) is 4.57 Å². The van der Waals surface area contributed by atoms with Gasteiger partial charge in [0.25, 0.3) is 0 Å². The molecular formula is C11H13Cl2O2P. The minimum atomic E-state index is -2.79. The van der Waals surface area contributed by atoms with Crippen molar-refractivity contribution in [1.29, 1.82) is 0 Å². The molecule has 0 aliphatic heterocycles. The summed E-state index contributed by atoms with van der Waals surface area (Å²) in [5.74, 6) is 1.37. The number of halogens is 2. The average Bonchev–Trinajstić information content (AvgIpc) is 2.24. The van der Waals surface area contributed by atoms with Crippen LogP contribution in [0.1, 0.15) is 12.5 Å². The summed E-state index contributed by atoms with van der Waals surface area (Å²) in [5, 5.41) is 0.932. The van der Waals surface area contributed by atoms with Crippen LogP contribution in [-0.4, -0.2) is 6.61 Å². The highest BCUT2D eigenvalue weighted by atomic mass is 35.5. The summed E-state index contributed by atoms with van der Waals surface area (Å²) in [5.41, 5.74) is 0.825. The van der Waals surface area contributed by atoms with Gasteiger partial charge in [-0.3, -0.25) is 4.57 Å². The fourth-order valence-corrected chi connectivity index (χ4v) is 3.06. The first-order chi connectivity index (χ1) is 7.50. The summed E-state index contributed by atoms with van der Waals surface area (Å²) in [6.07, 6.45) is 0.293. The Labute approximate surface area is 106 Å². The van der Waals surface area contributed by atoms with E-state index < -0.39 is 7.37 Å². The van der Waals surface area contributed by atoms with Crippen LogP contribution in [0.4, 0.5) is 0 Å². The maximum atomic E-state index is 12.1. The Morgan fingerprint density at radius 2 is 2.12 bits per heavy atom. The van der Waals surface area contributed by atoms with Crippen molar-refractivity contribution in [3.8, 4) is 0 Å². The molecule has 5 heteroatoms. The average molecular weight is 279 g/mol. The third kappa shape index (κ3) is 3.64. The van der Waals surface area contributed by atoms with Crippen molar-refractivity contribution in [2.45, 2.75) is 13.1 Å². The Bertz CT molecular complexity index is 432. The van der Waals surface area contributed by atoms with Crippen LogP contribution in [0.5, 0.6) is 0 Å². The molecule has 1 unspecified atom stereocenters. The molecule has 0 bridgehead atoms. The van der Waals surface area contributed by atoms with Crippen molar-refractivity contribution in [3.05, 3.63) is 46.2 Å². The van der Waals surface area contributed by atoms with Gasteiger partial charge in [0.2, 0.25) is 7.37 Å². The molecule has 88 valence electrons. The second-order valence-electron chi connectivity index (χ2n) is 3.23. The van der Waals surface area contributed by atoms with Crippen LogP contribution in [0, 0.1) is 0 Å². The van der Waals surface area contributed by atoms with Crippen LogP contribution in [0.2, 0.25) is 10.0 Å². The lowest BCUT2D eigenvalue weighted by molar-refractivity contribution is 0.339. The van der Waals surface area contributed by atoms with E-state index in [2.05, 4.69) is 6.58 Å². The Hall–Kier alpha value is -0.270. The first-order valence-electron chi connectivity index (χ1n) is 4.81. The molecule has 0 aromatic heterocycles. The Morgan fingerprint density at radius 3 is 2.62 bits per heavy atom. The highest BCUT2D eigenvalue weighted by Crippen LogP contribution is 2.51. The number of hydrogen-bond acceptors (Lipinski definition) is 2. The quantitative estimate of drug-likeness (QED) is 0.712. The molecule has 1 rings (SSSR count). The molecule has 0 radical (unpaired) electrons. The lowest BCUT2D eigenvalue weighted by Gasteiger charge is -2.13. The van der Waals surface area contributed by atoms with E-state index in [4.69, 9.17) is 27.7 Å². The maximum absolute atomic E-state index is 12.1. The number of hydrogen-bond donors (Lipinski definition) is 0. The molecule has 0 fully saturated rings. The summed E-state index contributed by atoms with van der Waals surface area (Å²) in [6.45, 7) is 5.73. The van der Waals surface area contributed by atoms with Crippen molar-refractivity contribution < 1.29 is 9.09 Å². The topological polar surface area (TPSA) is 26.3 Å². The SMILES string of the molecule is C=CP(=O)(Cc1ccc(Cl)c(Cl)c1)OCC. The zero-order chi connectivity index (χ0) is 12.2. The fourth-order valence-electron chi connectivity index (χ4n) is 1.27. The molecule has 0 saturated carbocycles. The molecule has 0 saturated heterocycles. The molecular weight excluding hydrogens is 266 g/mol. The van der Waals surface area contributed by atoms with E-state index in [1.165, 1.54) is 5.82 Å². The first kappa shape index (κ1) is 13.8. The van der Waals surface area contributed by atoms with Crippen molar-refractivity contribution in [1.82, 2.24) is 0 Å². The van der Waals surface area contributed by atoms with E-state index in [-0.39, 0.29) is 0 Å². The van der Waals surface area contributed by atoms with Gasteiger partial charge < -0.3 is 4.52 Å². The van der Waals surface area contributed by atoms with Gasteiger partial charge in [0.1, 0.15) is 0 Å². The first-order valence-corrected chi connectivity index (χ1v) is 7.45. The van der Waals surface area contributed by atoms with Crippen LogP contribution in [0.25, 0.3) is 0 Å². The predicted molar refractivity (Wildman–Crippen MR) is 69.6 cm³/mol. The van der Waals surface area contributed by atoms with Crippen LogP contribution in [0.15, 0.2) is 30.6 Å². The second-order valence-corrected chi connectivity index (χ2v) is 6.44. The molecule has 1 atom stereocenters. The minimum Gasteiger partial charge on any atom is -0.326 e. The van der Waals surface area contributed by atoms with Gasteiger partial charge in [-0.1, -0.05) is 35.8 Å². The molecule has 16 heavy (non-hydrogen) atoms. The third-order valence-corrected chi connectivity index (χ3v) is 4.81. The van der Waals surface area contributed by atoms with Crippen LogP contribution in [-0.2, 0) is 15.3 Å². The fraction of sp³-hybridized carbons (Fsp3) is 0.273. The van der Waals surface area contributed by atoms with Crippen LogP contribution < -0.4 is 0 Å². The predicted octanol–water partition coefficient (Wildman–Crippen LogP) is 4.95. The highest BCUT2D eigenvalue weighted by Gasteiger charge is 2.18. The summed E-state index contributed by atoms with van der Waals surface area (Å²) >= 11 is 11.7. The maximum Gasteiger partial charge on any atom is 0.228 e. The Balaban J connectivity index is 2.90. The van der Waals surface area contributed by atoms with Gasteiger partial charge in [-0.25, -0.2) is 0 Å². The lowest BCUT2D eigenvalue weighted by Crippen LogP contribution is -1.92. The minimum absolute atomic E-state index is 0.293. The van der Waals surface area contributed by atoms with Crippen LogP contribution in [0.3, 0.4) is 0 Å². The summed E-state index contributed by atoms with van der Waals surface area (Å²) in [4.78, 5) is 0. The van der Waals surface area contributed by atoms with E-state index in [1.807, 2.05) is 0 Å². The number of benzene rings is 1. The molecule has 0 spiro atoms. The van der Waals surface area contributed by atoms with Gasteiger partial charge in [-0.15, -0.1) is 0 Å². The largest absolute Gasteiger partial charge is 0.326 e. The monoisotopic (exact) mass is 278 g/mol. The molecule has 0 aliphatic rings. The molecule has 0 heterocycles. The smallest absolute Gasteiger partial charge is 0.228 e. The van der Waals surface area contributed by atoms with Crippen molar-refractivity contribution >= 4 is 30.6 Å². The molecule has 0 aliphatic carbocycles. The number of rotatable bonds is 5.